The predicted molar refractivity (Wildman–Crippen MR) is 80.1 cm³/mol. The van der Waals surface area contributed by atoms with Gasteiger partial charge < -0.3 is 10.0 Å². The number of likely N-dealkylation sites (tertiary alicyclic amines) is 1. The van der Waals surface area contributed by atoms with Gasteiger partial charge in [0.25, 0.3) is 5.56 Å². The van der Waals surface area contributed by atoms with Crippen LogP contribution in [0.25, 0.3) is 10.2 Å². The van der Waals surface area contributed by atoms with E-state index < -0.39 is 0 Å². The summed E-state index contributed by atoms with van der Waals surface area (Å²) < 4.78 is 2.51. The maximum atomic E-state index is 12.3. The van der Waals surface area contributed by atoms with Crippen molar-refractivity contribution in [3.05, 3.63) is 28.1 Å². The van der Waals surface area contributed by atoms with Gasteiger partial charge in [-0.3, -0.25) is 9.36 Å². The van der Waals surface area contributed by atoms with Crippen molar-refractivity contribution in [1.29, 1.82) is 0 Å². The first-order valence-corrected chi connectivity index (χ1v) is 7.92. The van der Waals surface area contributed by atoms with Crippen LogP contribution in [0.4, 0.5) is 0 Å². The summed E-state index contributed by atoms with van der Waals surface area (Å²) >= 11 is 1.47. The molecule has 0 aromatic carbocycles. The molecule has 2 aromatic heterocycles. The Labute approximate surface area is 121 Å². The summed E-state index contributed by atoms with van der Waals surface area (Å²) in [6, 6.07) is 1.89. The number of aliphatic hydroxyl groups is 1. The number of piperidine rings is 1. The van der Waals surface area contributed by atoms with Gasteiger partial charge in [0.15, 0.2) is 0 Å². The Kier molecular flexibility index (Phi) is 4.14. The Morgan fingerprint density at radius 3 is 2.95 bits per heavy atom. The normalized spacial score (nSPS) is 17.9. The smallest absolute Gasteiger partial charge is 0.271 e. The van der Waals surface area contributed by atoms with E-state index in [4.69, 9.17) is 5.11 Å². The number of nitrogens with zero attached hydrogens (tertiary/aromatic N) is 3. The molecule has 0 aliphatic carbocycles. The molecule has 1 saturated heterocycles. The van der Waals surface area contributed by atoms with E-state index in [1.807, 2.05) is 11.4 Å². The van der Waals surface area contributed by atoms with Crippen LogP contribution >= 0.6 is 11.3 Å². The molecule has 3 heterocycles. The Balaban J connectivity index is 1.68. The van der Waals surface area contributed by atoms with Gasteiger partial charge in [-0.25, -0.2) is 4.98 Å². The van der Waals surface area contributed by atoms with Crippen molar-refractivity contribution in [2.45, 2.75) is 19.4 Å². The van der Waals surface area contributed by atoms with E-state index in [9.17, 15) is 4.79 Å². The minimum Gasteiger partial charge on any atom is -0.395 e. The van der Waals surface area contributed by atoms with Gasteiger partial charge in [-0.2, -0.15) is 0 Å². The van der Waals surface area contributed by atoms with E-state index in [2.05, 4.69) is 9.88 Å². The van der Waals surface area contributed by atoms with Gasteiger partial charge >= 0.3 is 0 Å². The second-order valence-electron chi connectivity index (χ2n) is 5.35. The highest BCUT2D eigenvalue weighted by Gasteiger charge is 2.19. The van der Waals surface area contributed by atoms with Crippen molar-refractivity contribution in [3.8, 4) is 0 Å². The second-order valence-corrected chi connectivity index (χ2v) is 6.26. The number of thiophene rings is 1. The zero-order valence-corrected chi connectivity index (χ0v) is 12.2. The lowest BCUT2D eigenvalue weighted by Gasteiger charge is -2.31. The molecule has 0 unspecified atom stereocenters. The molecule has 2 aromatic rings. The van der Waals surface area contributed by atoms with Crippen LogP contribution in [-0.4, -0.2) is 45.8 Å². The first-order valence-electron chi connectivity index (χ1n) is 7.04. The second kappa shape index (κ2) is 6.03. The highest BCUT2D eigenvalue weighted by molar-refractivity contribution is 7.17. The summed E-state index contributed by atoms with van der Waals surface area (Å²) in [6.45, 7) is 3.76. The third kappa shape index (κ3) is 2.77. The minimum absolute atomic E-state index is 0.0859. The van der Waals surface area contributed by atoms with Crippen LogP contribution < -0.4 is 5.56 Å². The summed E-state index contributed by atoms with van der Waals surface area (Å²) in [7, 11) is 0. The van der Waals surface area contributed by atoms with E-state index >= 15 is 0 Å². The maximum Gasteiger partial charge on any atom is 0.271 e. The first-order chi connectivity index (χ1) is 9.78. The molecular weight excluding hydrogens is 274 g/mol. The van der Waals surface area contributed by atoms with Gasteiger partial charge in [0.1, 0.15) is 4.70 Å². The Bertz CT molecular complexity index is 629. The van der Waals surface area contributed by atoms with Gasteiger partial charge in [-0.1, -0.05) is 0 Å². The van der Waals surface area contributed by atoms with Crippen molar-refractivity contribution < 1.29 is 5.11 Å². The SMILES string of the molecule is O=c1c2sccc2ncn1CC1CCN(CCO)CC1. The van der Waals surface area contributed by atoms with Gasteiger partial charge in [0.2, 0.25) is 0 Å². The molecule has 0 spiro atoms. The summed E-state index contributed by atoms with van der Waals surface area (Å²) in [4.78, 5) is 18.9. The Hall–Kier alpha value is -1.24. The standard InChI is InChI=1S/C14H19N3O2S/c18-7-6-16-4-1-11(2-5-16)9-17-10-15-12-3-8-20-13(12)14(17)19/h3,8,10-11,18H,1-2,4-7,9H2. The monoisotopic (exact) mass is 293 g/mol. The van der Waals surface area contributed by atoms with Crippen LogP contribution in [0.5, 0.6) is 0 Å². The zero-order valence-electron chi connectivity index (χ0n) is 11.4. The Morgan fingerprint density at radius 2 is 2.20 bits per heavy atom. The number of hydrogen-bond donors (Lipinski definition) is 1. The highest BCUT2D eigenvalue weighted by Crippen LogP contribution is 2.19. The number of aliphatic hydroxyl groups excluding tert-OH is 1. The number of hydrogen-bond acceptors (Lipinski definition) is 5. The van der Waals surface area contributed by atoms with Crippen molar-refractivity contribution in [2.24, 2.45) is 5.92 Å². The average Bonchev–Trinajstić information content (AvgIpc) is 2.94. The average molecular weight is 293 g/mol. The fourth-order valence-electron chi connectivity index (χ4n) is 2.82. The van der Waals surface area contributed by atoms with E-state index in [1.165, 1.54) is 11.3 Å². The molecule has 0 saturated carbocycles. The molecule has 0 bridgehead atoms. The number of fused-ring (bicyclic) bond motifs is 1. The molecule has 0 amide bonds. The number of aromatic nitrogens is 2. The fraction of sp³-hybridized carbons (Fsp3) is 0.571. The van der Waals surface area contributed by atoms with Gasteiger partial charge in [-0.05, 0) is 43.3 Å². The summed E-state index contributed by atoms with van der Waals surface area (Å²) in [5.74, 6) is 0.529. The topological polar surface area (TPSA) is 58.4 Å². The lowest BCUT2D eigenvalue weighted by atomic mass is 9.97. The lowest BCUT2D eigenvalue weighted by Crippen LogP contribution is -2.37. The minimum atomic E-state index is 0.0859. The van der Waals surface area contributed by atoms with Crippen molar-refractivity contribution >= 4 is 21.6 Å². The number of rotatable bonds is 4. The quantitative estimate of drug-likeness (QED) is 0.919. The summed E-state index contributed by atoms with van der Waals surface area (Å²) in [5, 5.41) is 10.9. The molecule has 20 heavy (non-hydrogen) atoms. The third-order valence-electron chi connectivity index (χ3n) is 4.01. The molecule has 1 N–H and O–H groups in total. The molecule has 1 aliphatic heterocycles. The van der Waals surface area contributed by atoms with Crippen LogP contribution in [0.2, 0.25) is 0 Å². The van der Waals surface area contributed by atoms with E-state index in [0.717, 1.165) is 49.2 Å². The van der Waals surface area contributed by atoms with Crippen LogP contribution in [0.15, 0.2) is 22.6 Å². The molecule has 3 rings (SSSR count). The fourth-order valence-corrected chi connectivity index (χ4v) is 3.61. The van der Waals surface area contributed by atoms with Crippen LogP contribution in [0, 0.1) is 5.92 Å². The van der Waals surface area contributed by atoms with E-state index in [1.54, 1.807) is 10.9 Å². The predicted octanol–water partition coefficient (Wildman–Crippen LogP) is 1.16. The van der Waals surface area contributed by atoms with Crippen molar-refractivity contribution in [2.75, 3.05) is 26.2 Å². The number of β-amino-alcohol motifs (C(OH)–C–C–N with tert-alkyl or cyclic N) is 1. The molecule has 5 nitrogen and oxygen atoms in total. The first kappa shape index (κ1) is 13.7. The van der Waals surface area contributed by atoms with Crippen molar-refractivity contribution in [3.63, 3.8) is 0 Å². The molecular formula is C14H19N3O2S. The third-order valence-corrected chi connectivity index (χ3v) is 4.91. The van der Waals surface area contributed by atoms with Gasteiger partial charge in [0.05, 0.1) is 18.5 Å². The largest absolute Gasteiger partial charge is 0.395 e. The Morgan fingerprint density at radius 1 is 1.40 bits per heavy atom. The molecule has 0 radical (unpaired) electrons. The lowest BCUT2D eigenvalue weighted by molar-refractivity contribution is 0.141. The molecule has 108 valence electrons. The van der Waals surface area contributed by atoms with Crippen molar-refractivity contribution in [1.82, 2.24) is 14.5 Å². The molecule has 6 heteroatoms. The molecule has 0 atom stereocenters. The molecule has 1 fully saturated rings. The summed E-state index contributed by atoms with van der Waals surface area (Å²) in [6.07, 6.45) is 3.83. The summed E-state index contributed by atoms with van der Waals surface area (Å²) in [5.41, 5.74) is 0.886. The molecule has 1 aliphatic rings. The van der Waals surface area contributed by atoms with E-state index in [-0.39, 0.29) is 12.2 Å². The van der Waals surface area contributed by atoms with Gasteiger partial charge in [-0.15, -0.1) is 11.3 Å². The van der Waals surface area contributed by atoms with Crippen LogP contribution in [0.1, 0.15) is 12.8 Å². The van der Waals surface area contributed by atoms with E-state index in [0.29, 0.717) is 5.92 Å². The maximum absolute atomic E-state index is 12.3. The highest BCUT2D eigenvalue weighted by atomic mass is 32.1. The van der Waals surface area contributed by atoms with Crippen LogP contribution in [-0.2, 0) is 6.54 Å². The van der Waals surface area contributed by atoms with Gasteiger partial charge in [0, 0.05) is 13.1 Å². The van der Waals surface area contributed by atoms with Crippen LogP contribution in [0.3, 0.4) is 0 Å². The zero-order chi connectivity index (χ0) is 13.9.